The van der Waals surface area contributed by atoms with Gasteiger partial charge in [0.2, 0.25) is 0 Å². The molecule has 0 aliphatic carbocycles. The van der Waals surface area contributed by atoms with Crippen molar-refractivity contribution in [2.24, 2.45) is 5.41 Å². The highest BCUT2D eigenvalue weighted by molar-refractivity contribution is 5.16. The van der Waals surface area contributed by atoms with Gasteiger partial charge < -0.3 is 15.2 Å². The van der Waals surface area contributed by atoms with E-state index >= 15 is 0 Å². The Kier molecular flexibility index (Phi) is 3.16. The molecule has 80 valence electrons. The lowest BCUT2D eigenvalue weighted by atomic mass is 9.93. The van der Waals surface area contributed by atoms with Gasteiger partial charge in [0.1, 0.15) is 0 Å². The molecule has 0 atom stereocenters. The van der Waals surface area contributed by atoms with E-state index in [0.29, 0.717) is 5.95 Å². The third kappa shape index (κ3) is 3.03. The number of hydrogen-bond donors (Lipinski definition) is 1. The topological polar surface area (TPSA) is 47.1 Å². The van der Waals surface area contributed by atoms with Crippen LogP contribution in [0.3, 0.4) is 0 Å². The average Bonchev–Trinajstić information content (AvgIpc) is 2.32. The maximum atomic E-state index is 5.72. The van der Waals surface area contributed by atoms with Crippen molar-refractivity contribution >= 4 is 5.95 Å². The number of nitrogens with zero attached hydrogens (tertiary/aromatic N) is 3. The molecule has 0 saturated carbocycles. The fourth-order valence-corrected chi connectivity index (χ4v) is 1.84. The van der Waals surface area contributed by atoms with E-state index in [1.54, 1.807) is 6.20 Å². The molecule has 0 bridgehead atoms. The van der Waals surface area contributed by atoms with Gasteiger partial charge in [0.15, 0.2) is 5.95 Å². The molecule has 1 aromatic rings. The molecule has 0 aliphatic rings. The molecule has 1 heterocycles. The summed E-state index contributed by atoms with van der Waals surface area (Å²) in [6.07, 6.45) is 3.66. The third-order valence-electron chi connectivity index (χ3n) is 2.09. The van der Waals surface area contributed by atoms with E-state index in [2.05, 4.69) is 37.8 Å². The molecule has 4 heteroatoms. The van der Waals surface area contributed by atoms with Gasteiger partial charge in [0, 0.05) is 25.5 Å². The Labute approximate surface area is 85.7 Å². The van der Waals surface area contributed by atoms with Crippen LogP contribution in [0.25, 0.3) is 0 Å². The Morgan fingerprint density at radius 3 is 2.57 bits per heavy atom. The van der Waals surface area contributed by atoms with Crippen LogP contribution in [-0.2, 0) is 6.54 Å². The van der Waals surface area contributed by atoms with Crippen LogP contribution in [0.15, 0.2) is 12.4 Å². The van der Waals surface area contributed by atoms with E-state index in [4.69, 9.17) is 5.73 Å². The van der Waals surface area contributed by atoms with Crippen molar-refractivity contribution in [1.29, 1.82) is 0 Å². The highest BCUT2D eigenvalue weighted by Crippen LogP contribution is 2.20. The van der Waals surface area contributed by atoms with Crippen LogP contribution in [0.5, 0.6) is 0 Å². The molecule has 0 unspecified atom stereocenters. The summed E-state index contributed by atoms with van der Waals surface area (Å²) in [5, 5.41) is 0. The van der Waals surface area contributed by atoms with Crippen molar-refractivity contribution in [2.45, 2.75) is 20.4 Å². The standard InChI is InChI=1S/C10H20N4/c1-10(2,7-13(3)4)8-14-6-5-12-9(14)11/h5-6H,7-8H2,1-4H3,(H2,11,12). The van der Waals surface area contributed by atoms with Crippen LogP contribution >= 0.6 is 0 Å². The van der Waals surface area contributed by atoms with Gasteiger partial charge in [0.25, 0.3) is 0 Å². The third-order valence-corrected chi connectivity index (χ3v) is 2.09. The predicted molar refractivity (Wildman–Crippen MR) is 59.0 cm³/mol. The zero-order valence-corrected chi connectivity index (χ0v) is 9.49. The molecule has 0 aliphatic heterocycles. The molecule has 0 spiro atoms. The first kappa shape index (κ1) is 11.0. The molecule has 0 aromatic carbocycles. The minimum absolute atomic E-state index is 0.207. The van der Waals surface area contributed by atoms with E-state index in [1.807, 2.05) is 10.8 Å². The molecule has 0 amide bonds. The first-order valence-corrected chi connectivity index (χ1v) is 4.82. The lowest BCUT2D eigenvalue weighted by Gasteiger charge is -2.28. The fourth-order valence-electron chi connectivity index (χ4n) is 1.84. The minimum Gasteiger partial charge on any atom is -0.369 e. The Hall–Kier alpha value is -1.03. The van der Waals surface area contributed by atoms with Gasteiger partial charge in [-0.25, -0.2) is 4.98 Å². The quantitative estimate of drug-likeness (QED) is 0.783. The van der Waals surface area contributed by atoms with Gasteiger partial charge in [-0.2, -0.15) is 0 Å². The van der Waals surface area contributed by atoms with Gasteiger partial charge in [-0.15, -0.1) is 0 Å². The van der Waals surface area contributed by atoms with Gasteiger partial charge in [-0.3, -0.25) is 0 Å². The van der Waals surface area contributed by atoms with Gasteiger partial charge in [-0.05, 0) is 19.5 Å². The van der Waals surface area contributed by atoms with Crippen LogP contribution < -0.4 is 5.73 Å². The normalized spacial score (nSPS) is 12.4. The van der Waals surface area contributed by atoms with Crippen molar-refractivity contribution in [1.82, 2.24) is 14.5 Å². The molecule has 1 rings (SSSR count). The molecule has 1 aromatic heterocycles. The summed E-state index contributed by atoms with van der Waals surface area (Å²) in [6.45, 7) is 6.39. The van der Waals surface area contributed by atoms with E-state index in [-0.39, 0.29) is 5.41 Å². The molecular weight excluding hydrogens is 176 g/mol. The van der Waals surface area contributed by atoms with Crippen LogP contribution in [0, 0.1) is 5.41 Å². The Bertz CT molecular complexity index is 288. The molecule has 4 nitrogen and oxygen atoms in total. The van der Waals surface area contributed by atoms with Crippen molar-refractivity contribution in [3.05, 3.63) is 12.4 Å². The van der Waals surface area contributed by atoms with Crippen LogP contribution in [0.1, 0.15) is 13.8 Å². The van der Waals surface area contributed by atoms with E-state index in [0.717, 1.165) is 13.1 Å². The summed E-state index contributed by atoms with van der Waals surface area (Å²) in [5.74, 6) is 0.594. The summed E-state index contributed by atoms with van der Waals surface area (Å²) in [7, 11) is 4.16. The SMILES string of the molecule is CN(C)CC(C)(C)Cn1ccnc1N. The summed E-state index contributed by atoms with van der Waals surface area (Å²) in [5.41, 5.74) is 5.92. The summed E-state index contributed by atoms with van der Waals surface area (Å²) in [4.78, 5) is 6.19. The minimum atomic E-state index is 0.207. The number of aromatic nitrogens is 2. The summed E-state index contributed by atoms with van der Waals surface area (Å²) >= 11 is 0. The first-order valence-electron chi connectivity index (χ1n) is 4.82. The monoisotopic (exact) mass is 196 g/mol. The lowest BCUT2D eigenvalue weighted by molar-refractivity contribution is 0.212. The van der Waals surface area contributed by atoms with Crippen molar-refractivity contribution in [3.8, 4) is 0 Å². The second kappa shape index (κ2) is 4.00. The van der Waals surface area contributed by atoms with Crippen molar-refractivity contribution < 1.29 is 0 Å². The second-order valence-electron chi connectivity index (χ2n) is 4.82. The predicted octanol–water partition coefficient (Wildman–Crippen LogP) is 1.05. The lowest BCUT2D eigenvalue weighted by Crippen LogP contribution is -2.32. The van der Waals surface area contributed by atoms with Crippen molar-refractivity contribution in [2.75, 3.05) is 26.4 Å². The second-order valence-corrected chi connectivity index (χ2v) is 4.82. The maximum Gasteiger partial charge on any atom is 0.200 e. The Balaban J connectivity index is 2.63. The largest absolute Gasteiger partial charge is 0.369 e. The van der Waals surface area contributed by atoms with Crippen LogP contribution in [-0.4, -0.2) is 35.1 Å². The van der Waals surface area contributed by atoms with Crippen LogP contribution in [0.4, 0.5) is 5.95 Å². The molecule has 2 N–H and O–H groups in total. The van der Waals surface area contributed by atoms with Gasteiger partial charge in [-0.1, -0.05) is 13.8 Å². The van der Waals surface area contributed by atoms with E-state index < -0.39 is 0 Å². The number of anilines is 1. The summed E-state index contributed by atoms with van der Waals surface area (Å²) < 4.78 is 1.99. The zero-order valence-electron chi connectivity index (χ0n) is 9.49. The smallest absolute Gasteiger partial charge is 0.200 e. The van der Waals surface area contributed by atoms with Gasteiger partial charge >= 0.3 is 0 Å². The highest BCUT2D eigenvalue weighted by atomic mass is 15.1. The number of imidazole rings is 1. The molecule has 0 radical (unpaired) electrons. The number of nitrogens with two attached hydrogens (primary N) is 1. The Morgan fingerprint density at radius 2 is 2.14 bits per heavy atom. The average molecular weight is 196 g/mol. The summed E-state index contributed by atoms with van der Waals surface area (Å²) in [6, 6.07) is 0. The molecule has 0 saturated heterocycles. The van der Waals surface area contributed by atoms with Gasteiger partial charge in [0.05, 0.1) is 0 Å². The number of rotatable bonds is 4. The van der Waals surface area contributed by atoms with E-state index in [1.165, 1.54) is 0 Å². The molecular formula is C10H20N4. The maximum absolute atomic E-state index is 5.72. The van der Waals surface area contributed by atoms with Crippen molar-refractivity contribution in [3.63, 3.8) is 0 Å². The zero-order chi connectivity index (χ0) is 10.8. The molecule has 14 heavy (non-hydrogen) atoms. The highest BCUT2D eigenvalue weighted by Gasteiger charge is 2.20. The molecule has 0 fully saturated rings. The number of nitrogen functional groups attached to an aromatic ring is 1. The fraction of sp³-hybridized carbons (Fsp3) is 0.700. The van der Waals surface area contributed by atoms with E-state index in [9.17, 15) is 0 Å². The Morgan fingerprint density at radius 1 is 1.50 bits per heavy atom. The number of hydrogen-bond acceptors (Lipinski definition) is 3. The first-order chi connectivity index (χ1) is 6.41. The van der Waals surface area contributed by atoms with Crippen LogP contribution in [0.2, 0.25) is 0 Å².